The van der Waals surface area contributed by atoms with E-state index >= 15 is 0 Å². The van der Waals surface area contributed by atoms with Gasteiger partial charge < -0.3 is 14.6 Å². The number of rotatable bonds is 3. The monoisotopic (exact) mass is 384 g/mol. The van der Waals surface area contributed by atoms with E-state index in [0.29, 0.717) is 0 Å². The van der Waals surface area contributed by atoms with E-state index in [1.807, 2.05) is 23.7 Å². The Morgan fingerprint density at radius 1 is 1.21 bits per heavy atom. The van der Waals surface area contributed by atoms with Crippen molar-refractivity contribution in [1.82, 2.24) is 23.7 Å². The minimum absolute atomic E-state index is 0.0483. The number of hydrogen-bond acceptors (Lipinski definition) is 6. The summed E-state index contributed by atoms with van der Waals surface area (Å²) >= 11 is 0. The van der Waals surface area contributed by atoms with Gasteiger partial charge in [-0.1, -0.05) is 0 Å². The number of aryl methyl sites for hydroxylation is 2. The summed E-state index contributed by atoms with van der Waals surface area (Å²) in [4.78, 5) is 31.0. The molecule has 1 N–H and O–H groups in total. The fourth-order valence-corrected chi connectivity index (χ4v) is 3.99. The molecule has 0 aliphatic carbocycles. The average Bonchev–Trinajstić information content (AvgIpc) is 3.09. The van der Waals surface area contributed by atoms with Gasteiger partial charge in [-0.25, -0.2) is 14.3 Å². The predicted octanol–water partition coefficient (Wildman–Crippen LogP) is 0.385. The van der Waals surface area contributed by atoms with E-state index in [-0.39, 0.29) is 11.5 Å². The summed E-state index contributed by atoms with van der Waals surface area (Å²) in [5.41, 5.74) is 1.34. The van der Waals surface area contributed by atoms with Gasteiger partial charge in [0.1, 0.15) is 5.52 Å². The first-order chi connectivity index (χ1) is 13.4. The van der Waals surface area contributed by atoms with E-state index in [2.05, 4.69) is 15.0 Å². The van der Waals surface area contributed by atoms with Gasteiger partial charge >= 0.3 is 5.69 Å². The van der Waals surface area contributed by atoms with Gasteiger partial charge in [0.05, 0.1) is 17.4 Å². The van der Waals surface area contributed by atoms with Crippen LogP contribution >= 0.6 is 0 Å². The third kappa shape index (κ3) is 3.01. The third-order valence-corrected chi connectivity index (χ3v) is 5.57. The number of hydrogen-bond donors (Lipinski definition) is 1. The molecule has 0 spiro atoms. The maximum Gasteiger partial charge on any atom is 0.330 e. The van der Waals surface area contributed by atoms with Crippen LogP contribution in [0.25, 0.3) is 5.52 Å². The molecule has 148 valence electrons. The van der Waals surface area contributed by atoms with E-state index < -0.39 is 17.4 Å². The molecule has 1 saturated heterocycles. The number of fused-ring (bicyclic) bond motifs is 1. The summed E-state index contributed by atoms with van der Waals surface area (Å²) < 4.78 is 4.20. The van der Waals surface area contributed by atoms with Crippen LogP contribution in [0.4, 0.5) is 5.82 Å². The maximum absolute atomic E-state index is 12.4. The Labute approximate surface area is 161 Å². The molecule has 0 saturated carbocycles. The summed E-state index contributed by atoms with van der Waals surface area (Å²) in [6.07, 6.45) is 5.58. The van der Waals surface area contributed by atoms with Crippen molar-refractivity contribution in [3.05, 3.63) is 56.8 Å². The molecular formula is C19H24N6O3. The molecule has 1 aliphatic rings. The van der Waals surface area contributed by atoms with Crippen LogP contribution in [0.1, 0.15) is 30.2 Å². The normalized spacial score (nSPS) is 16.6. The molecule has 4 heterocycles. The molecule has 0 radical (unpaired) electrons. The van der Waals surface area contributed by atoms with Gasteiger partial charge in [0.2, 0.25) is 0 Å². The molecular weight excluding hydrogens is 360 g/mol. The Morgan fingerprint density at radius 3 is 2.64 bits per heavy atom. The number of piperidine rings is 1. The highest BCUT2D eigenvalue weighted by atomic mass is 16.3. The number of aliphatic hydroxyl groups excluding tert-OH is 1. The SMILES string of the molecule is Cc1cc2c(N3CCC(C(O)c4cn(C)c(=O)n(C)c4=O)CC3)nccn2n1. The Balaban J connectivity index is 1.54. The molecule has 1 atom stereocenters. The van der Waals surface area contributed by atoms with Gasteiger partial charge in [-0.2, -0.15) is 5.10 Å². The van der Waals surface area contributed by atoms with Crippen molar-refractivity contribution in [3.63, 3.8) is 0 Å². The molecule has 1 aliphatic heterocycles. The van der Waals surface area contributed by atoms with Crippen LogP contribution in [-0.2, 0) is 14.1 Å². The number of aromatic nitrogens is 5. The summed E-state index contributed by atoms with van der Waals surface area (Å²) in [7, 11) is 3.02. The van der Waals surface area contributed by atoms with E-state index in [4.69, 9.17) is 0 Å². The van der Waals surface area contributed by atoms with E-state index in [0.717, 1.165) is 47.5 Å². The van der Waals surface area contributed by atoms with Gasteiger partial charge in [-0.3, -0.25) is 9.36 Å². The molecule has 0 bridgehead atoms. The topological polar surface area (TPSA) is 97.7 Å². The predicted molar refractivity (Wildman–Crippen MR) is 105 cm³/mol. The van der Waals surface area contributed by atoms with Crippen LogP contribution in [0.3, 0.4) is 0 Å². The lowest BCUT2D eigenvalue weighted by molar-refractivity contribution is 0.0903. The zero-order valence-corrected chi connectivity index (χ0v) is 16.2. The lowest BCUT2D eigenvalue weighted by Crippen LogP contribution is -2.41. The Morgan fingerprint density at radius 2 is 1.93 bits per heavy atom. The lowest BCUT2D eigenvalue weighted by atomic mass is 9.88. The molecule has 3 aromatic heterocycles. The highest BCUT2D eigenvalue weighted by molar-refractivity contribution is 5.69. The first-order valence-corrected chi connectivity index (χ1v) is 9.37. The number of anilines is 1. The molecule has 4 rings (SSSR count). The zero-order valence-electron chi connectivity index (χ0n) is 16.2. The van der Waals surface area contributed by atoms with Gasteiger partial charge in [0, 0.05) is 45.8 Å². The van der Waals surface area contributed by atoms with Gasteiger partial charge in [-0.15, -0.1) is 0 Å². The molecule has 9 nitrogen and oxygen atoms in total. The van der Waals surface area contributed by atoms with Gasteiger partial charge in [0.15, 0.2) is 5.82 Å². The second-order valence-corrected chi connectivity index (χ2v) is 7.48. The second-order valence-electron chi connectivity index (χ2n) is 7.48. The van der Waals surface area contributed by atoms with Crippen LogP contribution < -0.4 is 16.1 Å². The van der Waals surface area contributed by atoms with Crippen LogP contribution in [-0.4, -0.2) is 41.9 Å². The smallest absolute Gasteiger partial charge is 0.330 e. The molecule has 3 aromatic rings. The van der Waals surface area contributed by atoms with Gasteiger partial charge in [0.25, 0.3) is 5.56 Å². The van der Waals surface area contributed by atoms with Crippen LogP contribution in [0.2, 0.25) is 0 Å². The van der Waals surface area contributed by atoms with Crippen molar-refractivity contribution < 1.29 is 5.11 Å². The summed E-state index contributed by atoms with van der Waals surface area (Å²) in [5, 5.41) is 15.3. The fraction of sp³-hybridized carbons (Fsp3) is 0.474. The fourth-order valence-electron chi connectivity index (χ4n) is 3.99. The maximum atomic E-state index is 12.4. The Bertz CT molecular complexity index is 1140. The second kappa shape index (κ2) is 6.90. The quantitative estimate of drug-likeness (QED) is 0.701. The largest absolute Gasteiger partial charge is 0.388 e. The first-order valence-electron chi connectivity index (χ1n) is 9.37. The molecule has 0 amide bonds. The van der Waals surface area contributed by atoms with Crippen LogP contribution in [0, 0.1) is 12.8 Å². The van der Waals surface area contributed by atoms with E-state index in [1.54, 1.807) is 13.2 Å². The summed E-state index contributed by atoms with van der Waals surface area (Å²) in [6.45, 7) is 3.41. The molecule has 1 unspecified atom stereocenters. The van der Waals surface area contributed by atoms with Crippen LogP contribution in [0.5, 0.6) is 0 Å². The minimum Gasteiger partial charge on any atom is -0.388 e. The summed E-state index contributed by atoms with van der Waals surface area (Å²) in [5.74, 6) is 0.835. The van der Waals surface area contributed by atoms with E-state index in [1.165, 1.54) is 17.8 Å². The highest BCUT2D eigenvalue weighted by Crippen LogP contribution is 2.31. The molecule has 9 heteroatoms. The summed E-state index contributed by atoms with van der Waals surface area (Å²) in [6, 6.07) is 2.01. The number of nitrogens with zero attached hydrogens (tertiary/aromatic N) is 6. The Hall–Kier alpha value is -2.94. The molecule has 28 heavy (non-hydrogen) atoms. The minimum atomic E-state index is -0.895. The van der Waals surface area contributed by atoms with Gasteiger partial charge in [-0.05, 0) is 31.7 Å². The van der Waals surface area contributed by atoms with Crippen LogP contribution in [0.15, 0.2) is 34.2 Å². The first kappa shape index (κ1) is 18.4. The number of aliphatic hydroxyl groups is 1. The zero-order chi connectivity index (χ0) is 20.0. The van der Waals surface area contributed by atoms with Crippen molar-refractivity contribution in [1.29, 1.82) is 0 Å². The Kier molecular flexibility index (Phi) is 4.54. The van der Waals surface area contributed by atoms with Crippen molar-refractivity contribution in [2.75, 3.05) is 18.0 Å². The van der Waals surface area contributed by atoms with Crippen molar-refractivity contribution in [2.45, 2.75) is 25.9 Å². The lowest BCUT2D eigenvalue weighted by Gasteiger charge is -2.35. The molecule has 0 aromatic carbocycles. The van der Waals surface area contributed by atoms with Crippen molar-refractivity contribution >= 4 is 11.3 Å². The highest BCUT2D eigenvalue weighted by Gasteiger charge is 2.30. The molecule has 1 fully saturated rings. The van der Waals surface area contributed by atoms with Crippen molar-refractivity contribution in [2.24, 2.45) is 20.0 Å². The third-order valence-electron chi connectivity index (χ3n) is 5.57. The average molecular weight is 384 g/mol. The van der Waals surface area contributed by atoms with E-state index in [9.17, 15) is 14.7 Å². The van der Waals surface area contributed by atoms with Crippen molar-refractivity contribution in [3.8, 4) is 0 Å². The standard InChI is InChI=1S/C19H24N6O3/c1-12-10-15-17(20-6-9-25(15)21-12)24-7-4-13(5-8-24)16(26)14-11-22(2)19(28)23(3)18(14)27/h6,9-11,13,16,26H,4-5,7-8H2,1-3H3.